The molecule has 3 aliphatic heterocycles. The third-order valence-electron chi connectivity index (χ3n) is 6.27. The van der Waals surface area contributed by atoms with Crippen LogP contribution >= 0.6 is 0 Å². The maximum Gasteiger partial charge on any atom is 0.261 e. The summed E-state index contributed by atoms with van der Waals surface area (Å²) in [5.41, 5.74) is 2.67. The lowest BCUT2D eigenvalue weighted by Gasteiger charge is -2.44. The van der Waals surface area contributed by atoms with Crippen LogP contribution < -0.4 is 0 Å². The molecular formula is C22H21N3O5S. The maximum atomic E-state index is 13.1. The van der Waals surface area contributed by atoms with E-state index in [0.29, 0.717) is 6.54 Å². The van der Waals surface area contributed by atoms with Gasteiger partial charge < -0.3 is 4.90 Å². The average Bonchev–Trinajstić information content (AvgIpc) is 3.02. The van der Waals surface area contributed by atoms with Gasteiger partial charge in [0.25, 0.3) is 11.8 Å². The Morgan fingerprint density at radius 3 is 2.26 bits per heavy atom. The van der Waals surface area contributed by atoms with Gasteiger partial charge in [-0.25, -0.2) is 8.42 Å². The summed E-state index contributed by atoms with van der Waals surface area (Å²) in [7, 11) is -3.85. The first-order chi connectivity index (χ1) is 14.9. The molecule has 8 nitrogen and oxygen atoms in total. The Balaban J connectivity index is 1.33. The van der Waals surface area contributed by atoms with Crippen LogP contribution in [0.2, 0.25) is 0 Å². The minimum atomic E-state index is -3.85. The van der Waals surface area contributed by atoms with E-state index in [4.69, 9.17) is 0 Å². The predicted molar refractivity (Wildman–Crippen MR) is 112 cm³/mol. The van der Waals surface area contributed by atoms with E-state index in [2.05, 4.69) is 0 Å². The fraction of sp³-hybridized carbons (Fsp3) is 0.318. The molecule has 0 spiro atoms. The Hall–Kier alpha value is -3.04. The summed E-state index contributed by atoms with van der Waals surface area (Å²) in [6.07, 6.45) is 0.755. The highest BCUT2D eigenvalue weighted by atomic mass is 32.2. The number of fused-ring (bicyclic) bond motifs is 4. The molecule has 0 aliphatic carbocycles. The predicted octanol–water partition coefficient (Wildman–Crippen LogP) is 1.05. The van der Waals surface area contributed by atoms with Crippen molar-refractivity contribution in [1.82, 2.24) is 14.1 Å². The zero-order valence-corrected chi connectivity index (χ0v) is 17.5. The molecule has 1 atom stereocenters. The number of hydrogen-bond acceptors (Lipinski definition) is 5. The SMILES string of the molecule is O=C1c2ccccc2C(=O)N1CCS(=O)(=O)N1CC(=O)N2CCc3ccccc3[C@H]2C1. The van der Waals surface area contributed by atoms with E-state index in [0.717, 1.165) is 22.4 Å². The van der Waals surface area contributed by atoms with Gasteiger partial charge in [0.15, 0.2) is 0 Å². The number of sulfonamides is 1. The summed E-state index contributed by atoms with van der Waals surface area (Å²) in [6, 6.07) is 13.9. The highest BCUT2D eigenvalue weighted by Gasteiger charge is 2.42. The molecule has 0 saturated carbocycles. The zero-order valence-electron chi connectivity index (χ0n) is 16.7. The summed E-state index contributed by atoms with van der Waals surface area (Å²) in [5, 5.41) is 0. The van der Waals surface area contributed by atoms with Gasteiger partial charge >= 0.3 is 0 Å². The number of carbonyl (C=O) groups is 3. The van der Waals surface area contributed by atoms with Gasteiger partial charge in [0.1, 0.15) is 0 Å². The summed E-state index contributed by atoms with van der Waals surface area (Å²) >= 11 is 0. The van der Waals surface area contributed by atoms with Crippen LogP contribution in [0, 0.1) is 0 Å². The van der Waals surface area contributed by atoms with Gasteiger partial charge in [0, 0.05) is 19.6 Å². The van der Waals surface area contributed by atoms with E-state index < -0.39 is 27.6 Å². The Morgan fingerprint density at radius 2 is 1.55 bits per heavy atom. The Labute approximate surface area is 180 Å². The van der Waals surface area contributed by atoms with Crippen LogP contribution in [0.25, 0.3) is 0 Å². The summed E-state index contributed by atoms with van der Waals surface area (Å²) in [4.78, 5) is 40.5. The molecule has 0 N–H and O–H groups in total. The molecule has 9 heteroatoms. The molecule has 31 heavy (non-hydrogen) atoms. The molecule has 1 saturated heterocycles. The first kappa shape index (κ1) is 19.9. The summed E-state index contributed by atoms with van der Waals surface area (Å²) in [6.45, 7) is 0.282. The van der Waals surface area contributed by atoms with Crippen LogP contribution in [-0.4, -0.2) is 72.2 Å². The topological polar surface area (TPSA) is 95.1 Å². The monoisotopic (exact) mass is 439 g/mol. The number of amides is 3. The number of rotatable bonds is 4. The Morgan fingerprint density at radius 1 is 0.903 bits per heavy atom. The van der Waals surface area contributed by atoms with Gasteiger partial charge in [-0.05, 0) is 29.7 Å². The smallest absolute Gasteiger partial charge is 0.261 e. The quantitative estimate of drug-likeness (QED) is 0.664. The minimum absolute atomic E-state index is 0.174. The van der Waals surface area contributed by atoms with Crippen molar-refractivity contribution in [3.63, 3.8) is 0 Å². The third-order valence-corrected chi connectivity index (χ3v) is 8.03. The normalized spacial score (nSPS) is 21.2. The van der Waals surface area contributed by atoms with E-state index in [1.807, 2.05) is 24.3 Å². The Kier molecular flexibility index (Phi) is 4.67. The van der Waals surface area contributed by atoms with Gasteiger partial charge in [-0.3, -0.25) is 19.3 Å². The van der Waals surface area contributed by atoms with Crippen molar-refractivity contribution in [2.75, 3.05) is 31.9 Å². The van der Waals surface area contributed by atoms with Gasteiger partial charge in [-0.15, -0.1) is 0 Å². The molecule has 5 rings (SSSR count). The lowest BCUT2D eigenvalue weighted by molar-refractivity contribution is -0.138. The fourth-order valence-electron chi connectivity index (χ4n) is 4.64. The van der Waals surface area contributed by atoms with E-state index in [9.17, 15) is 22.8 Å². The van der Waals surface area contributed by atoms with Crippen molar-refractivity contribution in [2.45, 2.75) is 12.5 Å². The van der Waals surface area contributed by atoms with Crippen molar-refractivity contribution in [3.8, 4) is 0 Å². The van der Waals surface area contributed by atoms with Gasteiger partial charge in [-0.1, -0.05) is 36.4 Å². The molecule has 2 aromatic carbocycles. The number of piperazine rings is 1. The average molecular weight is 439 g/mol. The van der Waals surface area contributed by atoms with Crippen LogP contribution in [0.15, 0.2) is 48.5 Å². The molecule has 3 heterocycles. The highest BCUT2D eigenvalue weighted by molar-refractivity contribution is 7.89. The van der Waals surface area contributed by atoms with E-state index in [1.165, 1.54) is 4.31 Å². The fourth-order valence-corrected chi connectivity index (χ4v) is 5.98. The zero-order chi connectivity index (χ0) is 21.8. The molecule has 3 amide bonds. The highest BCUT2D eigenvalue weighted by Crippen LogP contribution is 2.34. The molecule has 0 bridgehead atoms. The Bertz CT molecular complexity index is 1170. The number of nitrogens with zero attached hydrogens (tertiary/aromatic N) is 3. The summed E-state index contributed by atoms with van der Waals surface area (Å²) < 4.78 is 27.3. The number of hydrogen-bond donors (Lipinski definition) is 0. The second-order valence-electron chi connectivity index (χ2n) is 7.97. The van der Waals surface area contributed by atoms with E-state index in [-0.39, 0.29) is 42.7 Å². The van der Waals surface area contributed by atoms with Crippen LogP contribution in [0.3, 0.4) is 0 Å². The summed E-state index contributed by atoms with van der Waals surface area (Å²) in [5.74, 6) is -1.62. The molecule has 1 fully saturated rings. The van der Waals surface area contributed by atoms with E-state index >= 15 is 0 Å². The van der Waals surface area contributed by atoms with Crippen molar-refractivity contribution in [1.29, 1.82) is 0 Å². The largest absolute Gasteiger partial charge is 0.333 e. The van der Waals surface area contributed by atoms with Crippen LogP contribution in [0.5, 0.6) is 0 Å². The van der Waals surface area contributed by atoms with Crippen molar-refractivity contribution in [3.05, 3.63) is 70.8 Å². The van der Waals surface area contributed by atoms with Crippen molar-refractivity contribution in [2.24, 2.45) is 0 Å². The lowest BCUT2D eigenvalue weighted by atomic mass is 9.91. The number of carbonyl (C=O) groups excluding carboxylic acids is 3. The second kappa shape index (κ2) is 7.28. The molecule has 0 aromatic heterocycles. The van der Waals surface area contributed by atoms with Crippen LogP contribution in [0.4, 0.5) is 0 Å². The third kappa shape index (κ3) is 3.24. The second-order valence-corrected chi connectivity index (χ2v) is 10.1. The van der Waals surface area contributed by atoms with Crippen molar-refractivity contribution < 1.29 is 22.8 Å². The molecule has 3 aliphatic rings. The van der Waals surface area contributed by atoms with Gasteiger partial charge in [0.05, 0.1) is 29.5 Å². The van der Waals surface area contributed by atoms with E-state index in [1.54, 1.807) is 29.2 Å². The van der Waals surface area contributed by atoms with Crippen LogP contribution in [-0.2, 0) is 21.2 Å². The molecular weight excluding hydrogens is 418 g/mol. The van der Waals surface area contributed by atoms with Crippen LogP contribution in [0.1, 0.15) is 37.9 Å². The standard InChI is InChI=1S/C22H21N3O5S/c26-20-14-23(13-19-16-6-2-1-5-15(16)9-10-24(19)20)31(29,30)12-11-25-21(27)17-7-3-4-8-18(17)22(25)28/h1-8,19H,9-14H2/t19-/m1/s1. The minimum Gasteiger partial charge on any atom is -0.333 e. The van der Waals surface area contributed by atoms with Gasteiger partial charge in [-0.2, -0.15) is 4.31 Å². The molecule has 160 valence electrons. The molecule has 0 radical (unpaired) electrons. The number of benzene rings is 2. The van der Waals surface area contributed by atoms with Crippen molar-refractivity contribution >= 4 is 27.7 Å². The lowest BCUT2D eigenvalue weighted by Crippen LogP contribution is -2.56. The maximum absolute atomic E-state index is 13.1. The first-order valence-corrected chi connectivity index (χ1v) is 11.8. The number of imide groups is 1. The first-order valence-electron chi connectivity index (χ1n) is 10.2. The van der Waals surface area contributed by atoms with Gasteiger partial charge in [0.2, 0.25) is 15.9 Å². The molecule has 0 unspecified atom stereocenters. The molecule has 2 aromatic rings.